The number of hydrogen-bond acceptors (Lipinski definition) is 4. The molecule has 0 saturated carbocycles. The van der Waals surface area contributed by atoms with Crippen molar-refractivity contribution < 1.29 is 9.59 Å². The average Bonchev–Trinajstić information content (AvgIpc) is 2.87. The van der Waals surface area contributed by atoms with Gasteiger partial charge < -0.3 is 10.2 Å². The monoisotopic (exact) mass is 403 g/mol. The lowest BCUT2D eigenvalue weighted by Gasteiger charge is -2.23. The Kier molecular flexibility index (Phi) is 5.62. The molecule has 2 heterocycles. The third kappa shape index (κ3) is 4.17. The standard InChI is InChI=1S/C23H21N3O2S/c1-16(17-8-3-2-4-9-17)25-21(27)13-15-26-19-11-7-14-24-22(19)29-20-12-6-5-10-18(20)23(26)28/h2-12,14,16H,13,15H2,1H3,(H,25,27)/t16-/m0/s1. The van der Waals surface area contributed by atoms with Crippen LogP contribution in [-0.2, 0) is 4.79 Å². The lowest BCUT2D eigenvalue weighted by molar-refractivity contribution is -0.121. The Balaban J connectivity index is 1.51. The van der Waals surface area contributed by atoms with Gasteiger partial charge >= 0.3 is 0 Å². The quantitative estimate of drug-likeness (QED) is 0.683. The van der Waals surface area contributed by atoms with Gasteiger partial charge in [-0.25, -0.2) is 4.98 Å². The summed E-state index contributed by atoms with van der Waals surface area (Å²) in [5.74, 6) is -0.200. The normalized spacial score (nSPS) is 13.8. The molecule has 0 bridgehead atoms. The van der Waals surface area contributed by atoms with Crippen LogP contribution in [0.3, 0.4) is 0 Å². The third-order valence-electron chi connectivity index (χ3n) is 4.85. The van der Waals surface area contributed by atoms with E-state index in [1.54, 1.807) is 11.1 Å². The van der Waals surface area contributed by atoms with E-state index in [-0.39, 0.29) is 24.3 Å². The summed E-state index contributed by atoms with van der Waals surface area (Å²) < 4.78 is 0. The van der Waals surface area contributed by atoms with Crippen molar-refractivity contribution in [1.82, 2.24) is 10.3 Å². The highest BCUT2D eigenvalue weighted by Gasteiger charge is 2.28. The Hall–Kier alpha value is -3.12. The lowest BCUT2D eigenvalue weighted by Crippen LogP contribution is -2.36. The molecule has 4 rings (SSSR count). The molecule has 2 amide bonds. The number of benzene rings is 2. The van der Waals surface area contributed by atoms with Crippen molar-refractivity contribution in [1.29, 1.82) is 0 Å². The summed E-state index contributed by atoms with van der Waals surface area (Å²) in [7, 11) is 0. The van der Waals surface area contributed by atoms with Gasteiger partial charge in [0.2, 0.25) is 5.91 Å². The zero-order chi connectivity index (χ0) is 20.2. The molecule has 146 valence electrons. The van der Waals surface area contributed by atoms with Crippen LogP contribution in [0.2, 0.25) is 0 Å². The Labute approximate surface area is 174 Å². The number of aromatic nitrogens is 1. The van der Waals surface area contributed by atoms with Gasteiger partial charge in [-0.2, -0.15) is 0 Å². The summed E-state index contributed by atoms with van der Waals surface area (Å²) in [6.07, 6.45) is 1.93. The van der Waals surface area contributed by atoms with Crippen molar-refractivity contribution >= 4 is 29.3 Å². The van der Waals surface area contributed by atoms with Crippen LogP contribution in [0.5, 0.6) is 0 Å². The molecule has 0 fully saturated rings. The fourth-order valence-electron chi connectivity index (χ4n) is 3.33. The fourth-order valence-corrected chi connectivity index (χ4v) is 4.35. The number of carbonyl (C=O) groups excluding carboxylic acids is 2. The molecule has 0 spiro atoms. The third-order valence-corrected chi connectivity index (χ3v) is 5.93. The Morgan fingerprint density at radius 3 is 2.66 bits per heavy atom. The van der Waals surface area contributed by atoms with Gasteiger partial charge in [0.15, 0.2) is 0 Å². The fraction of sp³-hybridized carbons (Fsp3) is 0.174. The van der Waals surface area contributed by atoms with Gasteiger partial charge in [0.1, 0.15) is 5.03 Å². The molecule has 1 N–H and O–H groups in total. The summed E-state index contributed by atoms with van der Waals surface area (Å²) in [6, 6.07) is 20.9. The van der Waals surface area contributed by atoms with Gasteiger partial charge in [-0.3, -0.25) is 9.59 Å². The largest absolute Gasteiger partial charge is 0.350 e. The maximum Gasteiger partial charge on any atom is 0.259 e. The summed E-state index contributed by atoms with van der Waals surface area (Å²) in [6.45, 7) is 2.25. The van der Waals surface area contributed by atoms with E-state index in [0.717, 1.165) is 21.2 Å². The highest BCUT2D eigenvalue weighted by molar-refractivity contribution is 7.99. The first-order valence-electron chi connectivity index (χ1n) is 9.51. The molecule has 3 aromatic rings. The molecule has 5 nitrogen and oxygen atoms in total. The predicted octanol–water partition coefficient (Wildman–Crippen LogP) is 4.46. The number of nitrogens with zero attached hydrogens (tertiary/aromatic N) is 2. The van der Waals surface area contributed by atoms with E-state index in [1.165, 1.54) is 11.8 Å². The van der Waals surface area contributed by atoms with E-state index in [9.17, 15) is 9.59 Å². The topological polar surface area (TPSA) is 62.3 Å². The summed E-state index contributed by atoms with van der Waals surface area (Å²) in [4.78, 5) is 32.7. The first-order chi connectivity index (χ1) is 14.1. The van der Waals surface area contributed by atoms with Gasteiger partial charge in [-0.05, 0) is 36.8 Å². The number of pyridine rings is 1. The Morgan fingerprint density at radius 1 is 1.07 bits per heavy atom. The van der Waals surface area contributed by atoms with Crippen LogP contribution in [0.1, 0.15) is 35.3 Å². The molecular weight excluding hydrogens is 382 g/mol. The molecule has 0 unspecified atom stereocenters. The molecule has 2 aromatic carbocycles. The predicted molar refractivity (Wildman–Crippen MR) is 114 cm³/mol. The molecule has 0 aliphatic carbocycles. The second-order valence-electron chi connectivity index (χ2n) is 6.83. The van der Waals surface area contributed by atoms with Crippen LogP contribution in [0, 0.1) is 0 Å². The molecule has 0 saturated heterocycles. The number of anilines is 1. The van der Waals surface area contributed by atoms with E-state index < -0.39 is 0 Å². The number of amides is 2. The van der Waals surface area contributed by atoms with E-state index in [1.807, 2.05) is 73.7 Å². The lowest BCUT2D eigenvalue weighted by atomic mass is 10.1. The van der Waals surface area contributed by atoms with Gasteiger partial charge in [-0.1, -0.05) is 54.2 Å². The van der Waals surface area contributed by atoms with E-state index in [4.69, 9.17) is 0 Å². The van der Waals surface area contributed by atoms with Gasteiger partial charge in [0.25, 0.3) is 5.91 Å². The SMILES string of the molecule is C[C@H](NC(=O)CCN1C(=O)c2ccccc2Sc2ncccc21)c1ccccc1. The minimum Gasteiger partial charge on any atom is -0.350 e. The van der Waals surface area contributed by atoms with Crippen molar-refractivity contribution in [3.63, 3.8) is 0 Å². The Morgan fingerprint density at radius 2 is 1.83 bits per heavy atom. The molecule has 1 aliphatic heterocycles. The van der Waals surface area contributed by atoms with Crippen LogP contribution in [0.25, 0.3) is 0 Å². The molecule has 1 aliphatic rings. The van der Waals surface area contributed by atoms with Crippen molar-refractivity contribution in [2.75, 3.05) is 11.4 Å². The number of carbonyl (C=O) groups is 2. The number of fused-ring (bicyclic) bond motifs is 2. The minimum atomic E-state index is -0.108. The molecular formula is C23H21N3O2S. The van der Waals surface area contributed by atoms with Crippen LogP contribution in [0.15, 0.2) is 82.8 Å². The van der Waals surface area contributed by atoms with Crippen molar-refractivity contribution in [2.24, 2.45) is 0 Å². The molecule has 6 heteroatoms. The smallest absolute Gasteiger partial charge is 0.259 e. The summed E-state index contributed by atoms with van der Waals surface area (Å²) >= 11 is 1.48. The second-order valence-corrected chi connectivity index (χ2v) is 7.86. The van der Waals surface area contributed by atoms with Crippen molar-refractivity contribution in [2.45, 2.75) is 29.3 Å². The van der Waals surface area contributed by atoms with E-state index in [0.29, 0.717) is 12.1 Å². The zero-order valence-corrected chi connectivity index (χ0v) is 16.9. The van der Waals surface area contributed by atoms with Crippen LogP contribution in [0.4, 0.5) is 5.69 Å². The highest BCUT2D eigenvalue weighted by atomic mass is 32.2. The number of nitrogens with one attached hydrogen (secondary N) is 1. The van der Waals surface area contributed by atoms with Crippen molar-refractivity contribution in [3.05, 3.63) is 84.1 Å². The summed E-state index contributed by atoms with van der Waals surface area (Å²) in [5, 5.41) is 3.78. The second kappa shape index (κ2) is 8.49. The first-order valence-corrected chi connectivity index (χ1v) is 10.3. The molecule has 1 aromatic heterocycles. The van der Waals surface area contributed by atoms with Crippen molar-refractivity contribution in [3.8, 4) is 0 Å². The van der Waals surface area contributed by atoms with E-state index in [2.05, 4.69) is 10.3 Å². The molecule has 29 heavy (non-hydrogen) atoms. The number of hydrogen-bond donors (Lipinski definition) is 1. The maximum atomic E-state index is 13.2. The average molecular weight is 404 g/mol. The van der Waals surface area contributed by atoms with Crippen LogP contribution < -0.4 is 10.2 Å². The summed E-state index contributed by atoms with van der Waals surface area (Å²) in [5.41, 5.74) is 2.42. The zero-order valence-electron chi connectivity index (χ0n) is 16.0. The Bertz CT molecular complexity index is 1040. The highest BCUT2D eigenvalue weighted by Crippen LogP contribution is 2.39. The molecule has 0 radical (unpaired) electrons. The molecule has 1 atom stereocenters. The number of rotatable bonds is 5. The van der Waals surface area contributed by atoms with Crippen LogP contribution >= 0.6 is 11.8 Å². The van der Waals surface area contributed by atoms with E-state index >= 15 is 0 Å². The van der Waals surface area contributed by atoms with Gasteiger partial charge in [-0.15, -0.1) is 0 Å². The van der Waals surface area contributed by atoms with Gasteiger partial charge in [0.05, 0.1) is 17.3 Å². The minimum absolute atomic E-state index is 0.0891. The maximum absolute atomic E-state index is 13.2. The van der Waals surface area contributed by atoms with Gasteiger partial charge in [0, 0.05) is 24.1 Å². The van der Waals surface area contributed by atoms with Crippen LogP contribution in [-0.4, -0.2) is 23.3 Å². The first kappa shape index (κ1) is 19.2.